The van der Waals surface area contributed by atoms with E-state index in [9.17, 15) is 49.5 Å². The number of ketones is 3. The molecule has 0 aliphatic heterocycles. The van der Waals surface area contributed by atoms with Crippen molar-refractivity contribution in [3.05, 3.63) is 11.3 Å². The first-order valence-electron chi connectivity index (χ1n) is 14.7. The molecule has 44 heavy (non-hydrogen) atoms. The largest absolute Gasteiger partial charge is 0.486 e. The van der Waals surface area contributed by atoms with E-state index in [0.717, 1.165) is 0 Å². The summed E-state index contributed by atoms with van der Waals surface area (Å²) in [6.07, 6.45) is -7.82. The highest BCUT2D eigenvalue weighted by Crippen LogP contribution is 2.68. The van der Waals surface area contributed by atoms with Gasteiger partial charge in [0.1, 0.15) is 17.3 Å². The highest BCUT2D eigenvalue weighted by Gasteiger charge is 2.68. The number of fused-ring (bicyclic) bond motifs is 7. The van der Waals surface area contributed by atoms with E-state index < -0.39 is 63.4 Å². The van der Waals surface area contributed by atoms with Gasteiger partial charge >= 0.3 is 27.5 Å². The van der Waals surface area contributed by atoms with Crippen molar-refractivity contribution >= 4 is 33.4 Å². The van der Waals surface area contributed by atoms with Crippen molar-refractivity contribution in [3.8, 4) is 0 Å². The van der Waals surface area contributed by atoms with Crippen LogP contribution < -0.4 is 0 Å². The molecule has 15 heteroatoms. The van der Waals surface area contributed by atoms with E-state index in [1.54, 1.807) is 0 Å². The quantitative estimate of drug-likeness (QED) is 0.242. The van der Waals surface area contributed by atoms with Gasteiger partial charge in [-0.2, -0.15) is 30.4 Å². The lowest BCUT2D eigenvalue weighted by Crippen LogP contribution is -2.60. The summed E-state index contributed by atoms with van der Waals surface area (Å²) in [5, 5.41) is -5.87. The highest BCUT2D eigenvalue weighted by molar-refractivity contribution is 7.86. The lowest BCUT2D eigenvalue weighted by Gasteiger charge is -2.58. The molecular formula is C29H35F5O9S. The molecule has 0 bridgehead atoms. The van der Waals surface area contributed by atoms with Crippen LogP contribution >= 0.6 is 0 Å². The van der Waals surface area contributed by atoms with E-state index in [1.807, 2.05) is 13.8 Å². The summed E-state index contributed by atoms with van der Waals surface area (Å²) >= 11 is 0. The maximum absolute atomic E-state index is 14.0. The molecule has 0 aromatic heterocycles. The van der Waals surface area contributed by atoms with Gasteiger partial charge in [0, 0.05) is 43.4 Å². The second-order valence-electron chi connectivity index (χ2n) is 13.6. The summed E-state index contributed by atoms with van der Waals surface area (Å²) in [4.78, 5) is 52.2. The molecule has 9 atom stereocenters. The predicted molar refractivity (Wildman–Crippen MR) is 140 cm³/mol. The predicted octanol–water partition coefficient (Wildman–Crippen LogP) is 4.84. The third-order valence-corrected chi connectivity index (χ3v) is 12.3. The Hall–Kier alpha value is -2.42. The minimum absolute atomic E-state index is 0.00630. The van der Waals surface area contributed by atoms with Gasteiger partial charge in [-0.25, -0.2) is 4.79 Å². The van der Waals surface area contributed by atoms with Crippen LogP contribution in [0.3, 0.4) is 0 Å². The first-order valence-corrected chi connectivity index (χ1v) is 16.1. The number of carbonyl (C=O) groups excluding carboxylic acids is 4. The van der Waals surface area contributed by atoms with Crippen LogP contribution in [0.4, 0.5) is 22.0 Å². The number of halogens is 5. The first kappa shape index (κ1) is 33.0. The van der Waals surface area contributed by atoms with Gasteiger partial charge in [-0.05, 0) is 59.8 Å². The highest BCUT2D eigenvalue weighted by atomic mass is 32.2. The normalized spacial score (nSPS) is 38.3. The minimum atomic E-state index is -6.59. The Morgan fingerprint density at radius 1 is 1.02 bits per heavy atom. The Morgan fingerprint density at radius 2 is 1.68 bits per heavy atom. The van der Waals surface area contributed by atoms with Gasteiger partial charge in [0.15, 0.2) is 6.61 Å². The van der Waals surface area contributed by atoms with Crippen LogP contribution in [0.1, 0.15) is 72.1 Å². The van der Waals surface area contributed by atoms with E-state index >= 15 is 0 Å². The fourth-order valence-electron chi connectivity index (χ4n) is 9.21. The van der Waals surface area contributed by atoms with Crippen molar-refractivity contribution in [2.75, 3.05) is 6.61 Å². The second kappa shape index (κ2) is 10.6. The molecule has 0 spiro atoms. The maximum atomic E-state index is 14.0. The molecule has 1 N–H and O–H groups in total. The maximum Gasteiger partial charge on any atom is 0.432 e. The summed E-state index contributed by atoms with van der Waals surface area (Å²) in [5.74, 6) is -3.28. The van der Waals surface area contributed by atoms with Crippen molar-refractivity contribution in [2.24, 2.45) is 46.3 Å². The monoisotopic (exact) mass is 654 g/mol. The number of ether oxygens (including phenoxy) is 2. The molecule has 5 aliphatic carbocycles. The van der Waals surface area contributed by atoms with E-state index in [4.69, 9.17) is 9.29 Å². The molecule has 0 radical (unpaired) electrons. The fraction of sp³-hybridized carbons (Fsp3) is 0.793. The van der Waals surface area contributed by atoms with Crippen molar-refractivity contribution in [3.63, 3.8) is 0 Å². The smallest absolute Gasteiger partial charge is 0.432 e. The van der Waals surface area contributed by atoms with Gasteiger partial charge in [0.2, 0.25) is 0 Å². The Kier molecular flexibility index (Phi) is 7.91. The Bertz CT molecular complexity index is 1420. The van der Waals surface area contributed by atoms with E-state index in [1.165, 1.54) is 0 Å². The lowest BCUT2D eigenvalue weighted by atomic mass is 9.44. The van der Waals surface area contributed by atoms with Gasteiger partial charge in [-0.3, -0.25) is 18.9 Å². The summed E-state index contributed by atoms with van der Waals surface area (Å²) in [6, 6.07) is 0. The molecule has 5 rings (SSSR count). The number of carbonyl (C=O) groups is 4. The standard InChI is InChI=1S/C29H35F5O9S/c1-13-4-5-20(42-12-22(38)43-25(28(30,31)32)29(33,34)44(39,40)41)16-10-18-23-17(11-21(37)27(18,3)24(13)16)26(2)7-6-15(35)8-14(26)9-19(23)36/h13-14,17-18,23-25H,4-12H2,1-3H3,(H,39,40,41)/t13-,14+,17+,18+,23-,24+,25?,26+,27-/m1/s1. The third kappa shape index (κ3) is 5.00. The minimum Gasteiger partial charge on any atom is -0.486 e. The summed E-state index contributed by atoms with van der Waals surface area (Å²) in [7, 11) is -6.59. The number of Topliss-reactive ketones (excluding diaryl/α,β-unsaturated/α-hetero) is 3. The number of allylic oxidation sites excluding steroid dienone is 2. The van der Waals surface area contributed by atoms with Crippen LogP contribution in [0.2, 0.25) is 0 Å². The van der Waals surface area contributed by atoms with Gasteiger partial charge in [0.25, 0.3) is 6.10 Å². The van der Waals surface area contributed by atoms with E-state index in [-0.39, 0.29) is 72.0 Å². The first-order chi connectivity index (χ1) is 20.1. The Balaban J connectivity index is 1.41. The topological polar surface area (TPSA) is 141 Å². The van der Waals surface area contributed by atoms with Crippen molar-refractivity contribution < 1.29 is 63.6 Å². The molecular weight excluding hydrogens is 619 g/mol. The summed E-state index contributed by atoms with van der Waals surface area (Å²) in [5.41, 5.74) is -0.666. The Labute approximate surface area is 251 Å². The summed E-state index contributed by atoms with van der Waals surface area (Å²) in [6.45, 7) is 4.58. The molecule has 0 aromatic carbocycles. The van der Waals surface area contributed by atoms with Crippen molar-refractivity contribution in [1.29, 1.82) is 0 Å². The molecule has 1 unspecified atom stereocenters. The number of hydrogen-bond donors (Lipinski definition) is 1. The number of rotatable bonds is 6. The number of hydrogen-bond acceptors (Lipinski definition) is 8. The van der Waals surface area contributed by atoms with Crippen LogP contribution in [0.5, 0.6) is 0 Å². The lowest BCUT2D eigenvalue weighted by molar-refractivity contribution is -0.260. The van der Waals surface area contributed by atoms with Gasteiger partial charge in [-0.15, -0.1) is 0 Å². The van der Waals surface area contributed by atoms with Crippen LogP contribution in [0.15, 0.2) is 11.3 Å². The van der Waals surface area contributed by atoms with Crippen molar-refractivity contribution in [1.82, 2.24) is 0 Å². The second-order valence-corrected chi connectivity index (χ2v) is 15.1. The third-order valence-electron chi connectivity index (χ3n) is 11.4. The number of alkyl halides is 5. The SMILES string of the molecule is C[C@@H]1CCC(OCC(=O)OC(C(F)(F)F)C(F)(F)S(=O)(=O)O)=C2C[C@H]3[C@@H]4C(=O)C[C@@H]5CC(=O)CC[C@]5(C)[C@H]4CC(=O)[C@]3(C)[C@H]21. The van der Waals surface area contributed by atoms with Crippen LogP contribution in [-0.2, 0) is 38.8 Å². The summed E-state index contributed by atoms with van der Waals surface area (Å²) < 4.78 is 107. The average Bonchev–Trinajstić information content (AvgIpc) is 3.22. The average molecular weight is 655 g/mol. The van der Waals surface area contributed by atoms with E-state index in [0.29, 0.717) is 31.3 Å². The molecule has 0 heterocycles. The zero-order chi connectivity index (χ0) is 32.8. The van der Waals surface area contributed by atoms with Crippen molar-refractivity contribution in [2.45, 2.75) is 89.7 Å². The number of esters is 1. The van der Waals surface area contributed by atoms with Crippen LogP contribution in [-0.4, -0.2) is 60.4 Å². The van der Waals surface area contributed by atoms with Crippen LogP contribution in [0, 0.1) is 46.3 Å². The molecule has 246 valence electrons. The molecule has 0 saturated heterocycles. The fourth-order valence-corrected chi connectivity index (χ4v) is 9.66. The molecule has 0 amide bonds. The molecule has 4 fully saturated rings. The van der Waals surface area contributed by atoms with Gasteiger partial charge in [0.05, 0.1) is 5.76 Å². The van der Waals surface area contributed by atoms with Crippen LogP contribution in [0.25, 0.3) is 0 Å². The zero-order valence-corrected chi connectivity index (χ0v) is 25.2. The molecule has 4 saturated carbocycles. The molecule has 9 nitrogen and oxygen atoms in total. The van der Waals surface area contributed by atoms with Gasteiger partial charge < -0.3 is 9.47 Å². The zero-order valence-electron chi connectivity index (χ0n) is 24.4. The Morgan fingerprint density at radius 3 is 2.30 bits per heavy atom. The van der Waals surface area contributed by atoms with E-state index in [2.05, 4.69) is 11.7 Å². The molecule has 0 aromatic rings. The molecule has 5 aliphatic rings. The van der Waals surface area contributed by atoms with Gasteiger partial charge in [-0.1, -0.05) is 20.8 Å².